The van der Waals surface area contributed by atoms with Crippen molar-refractivity contribution in [3.05, 3.63) is 30.0 Å². The van der Waals surface area contributed by atoms with Crippen LogP contribution in [0.15, 0.2) is 24.0 Å². The minimum Gasteiger partial charge on any atom is -0.332 e. The molecule has 1 heteroatoms. The average Bonchev–Trinajstić information content (AvgIpc) is 1.69. The summed E-state index contributed by atoms with van der Waals surface area (Å²) >= 11 is 0. The highest BCUT2D eigenvalue weighted by molar-refractivity contribution is 6.00. The van der Waals surface area contributed by atoms with Gasteiger partial charge in [-0.1, -0.05) is 6.08 Å². The fraction of sp³-hybridized carbons (Fsp3) is 0. The number of ketones is 1. The molecule has 34 valence electrons. The Balaban J connectivity index is 2.98. The molecule has 0 heterocycles. The van der Waals surface area contributed by atoms with E-state index in [1.54, 1.807) is 6.08 Å². The summed E-state index contributed by atoms with van der Waals surface area (Å²) in [5, 5.41) is 0. The van der Waals surface area contributed by atoms with E-state index in [0.717, 1.165) is 0 Å². The molecular formula is C6H4O. The van der Waals surface area contributed by atoms with Crippen LogP contribution in [-0.4, -0.2) is 10.6 Å². The summed E-state index contributed by atoms with van der Waals surface area (Å²) in [7, 11) is 0. The molecule has 0 aliphatic heterocycles. The Morgan fingerprint density at radius 3 is 2.86 bits per heavy atom. The Labute approximate surface area is 41.7 Å². The third-order valence-corrected chi connectivity index (χ3v) is 0.629. The van der Waals surface area contributed by atoms with Crippen molar-refractivity contribution in [3.8, 4) is 0 Å². The Hall–Kier alpha value is -1.07. The standard InChI is InChI=1S/C6H3O/c7-6-4-2-1-3-5-6/h1,4-5H/q-1/p+1. The first kappa shape index (κ1) is 4.10. The van der Waals surface area contributed by atoms with Gasteiger partial charge in [-0.2, -0.15) is 6.08 Å². The van der Waals surface area contributed by atoms with Gasteiger partial charge < -0.3 is 4.79 Å². The van der Waals surface area contributed by atoms with E-state index in [4.69, 9.17) is 4.79 Å². The van der Waals surface area contributed by atoms with Crippen molar-refractivity contribution < 1.29 is 4.79 Å². The molecule has 0 aromatic carbocycles. The molecule has 0 amide bonds. The highest BCUT2D eigenvalue weighted by Gasteiger charge is 1.82. The number of rotatable bonds is 0. The summed E-state index contributed by atoms with van der Waals surface area (Å²) < 4.78 is 0. The molecule has 0 unspecified atom stereocenters. The smallest absolute Gasteiger partial charge is 0.239 e. The van der Waals surface area contributed by atoms with E-state index >= 15 is 0 Å². The molecule has 0 bridgehead atoms. The predicted molar refractivity (Wildman–Crippen MR) is 27.4 cm³/mol. The molecule has 0 saturated heterocycles. The maximum atomic E-state index is 8.57. The van der Waals surface area contributed by atoms with E-state index < -0.39 is 0 Å². The number of carbonyl (C=O) groups excluding carboxylic acids is 1. The van der Waals surface area contributed by atoms with E-state index in [1.807, 2.05) is 0 Å². The number of allylic oxidation sites excluding steroid dienone is 3. The summed E-state index contributed by atoms with van der Waals surface area (Å²) in [6, 6.07) is 0. The zero-order valence-corrected chi connectivity index (χ0v) is 3.68. The predicted octanol–water partition coefficient (Wildman–Crippen LogP) is 0.616. The highest BCUT2D eigenvalue weighted by atomic mass is 16.1. The molecule has 0 aromatic rings. The van der Waals surface area contributed by atoms with Gasteiger partial charge in [-0.3, -0.25) is 5.73 Å². The summed E-state index contributed by atoms with van der Waals surface area (Å²) in [5.41, 5.74) is 2.66. The van der Waals surface area contributed by atoms with Crippen LogP contribution in [0.25, 0.3) is 0 Å². The molecule has 1 N–H and O–H groups in total. The maximum absolute atomic E-state index is 8.57. The molecular weight excluding hydrogens is 88.1 g/mol. The van der Waals surface area contributed by atoms with Gasteiger partial charge in [-0.25, -0.2) is 0 Å². The van der Waals surface area contributed by atoms with Crippen LogP contribution in [0.4, 0.5) is 0 Å². The van der Waals surface area contributed by atoms with Gasteiger partial charge in [0.15, 0.2) is 0 Å². The molecule has 0 fully saturated rings. The Bertz CT molecular complexity index is 169. The lowest BCUT2D eigenvalue weighted by Gasteiger charge is -1.85. The van der Waals surface area contributed by atoms with E-state index in [9.17, 15) is 0 Å². The average molecular weight is 92.1 g/mol. The van der Waals surface area contributed by atoms with Crippen molar-refractivity contribution in [2.24, 2.45) is 0 Å². The molecule has 7 heavy (non-hydrogen) atoms. The zero-order valence-electron chi connectivity index (χ0n) is 3.68. The molecule has 1 aliphatic carbocycles. The lowest BCUT2D eigenvalue weighted by atomic mass is 10.3. The molecule has 0 radical (unpaired) electrons. The first-order chi connectivity index (χ1) is 3.39. The summed E-state index contributed by atoms with van der Waals surface area (Å²) in [5.74, 6) is 0.211. The van der Waals surface area contributed by atoms with Gasteiger partial charge in [-0.15, -0.1) is 6.08 Å². The van der Waals surface area contributed by atoms with Crippen molar-refractivity contribution >= 4 is 5.78 Å². The van der Waals surface area contributed by atoms with Gasteiger partial charge in [0.25, 0.3) is 0 Å². The first-order valence-corrected chi connectivity index (χ1v) is 1.96. The summed E-state index contributed by atoms with van der Waals surface area (Å²) in [6.07, 6.45) is 7.23. The van der Waals surface area contributed by atoms with Gasteiger partial charge in [0, 0.05) is 0 Å². The fourth-order valence-electron chi connectivity index (χ4n) is 0.344. The van der Waals surface area contributed by atoms with E-state index in [-0.39, 0.29) is 5.78 Å². The van der Waals surface area contributed by atoms with Gasteiger partial charge in [-0.05, 0) is 6.08 Å². The lowest BCUT2D eigenvalue weighted by molar-refractivity contribution is 0.683. The Kier molecular flexibility index (Phi) is 0.928. The monoisotopic (exact) mass is 92.0 g/mol. The van der Waals surface area contributed by atoms with Gasteiger partial charge >= 0.3 is 0 Å². The van der Waals surface area contributed by atoms with Crippen LogP contribution in [0.1, 0.15) is 0 Å². The van der Waals surface area contributed by atoms with Crippen molar-refractivity contribution in [1.29, 1.82) is 0 Å². The van der Waals surface area contributed by atoms with Crippen LogP contribution in [-0.2, 0) is 0 Å². The van der Waals surface area contributed by atoms with Crippen LogP contribution in [0.2, 0.25) is 0 Å². The van der Waals surface area contributed by atoms with Crippen molar-refractivity contribution in [3.63, 3.8) is 0 Å². The topological polar surface area (TPSA) is 21.4 Å². The van der Waals surface area contributed by atoms with Crippen LogP contribution in [0.3, 0.4) is 0 Å². The zero-order chi connectivity index (χ0) is 5.11. The van der Waals surface area contributed by atoms with Crippen LogP contribution in [0, 0.1) is 6.08 Å². The number of hydrogen-bond donors (Lipinski definition) is 0. The molecule has 0 aromatic heterocycles. The second-order valence-corrected chi connectivity index (χ2v) is 1.19. The lowest BCUT2D eigenvalue weighted by Crippen LogP contribution is -1.85. The maximum Gasteiger partial charge on any atom is 0.239 e. The summed E-state index contributed by atoms with van der Waals surface area (Å²) in [4.78, 5) is 8.57. The van der Waals surface area contributed by atoms with Gasteiger partial charge in [0.1, 0.15) is 0 Å². The Morgan fingerprint density at radius 1 is 1.71 bits per heavy atom. The van der Waals surface area contributed by atoms with E-state index in [2.05, 4.69) is 11.8 Å². The van der Waals surface area contributed by atoms with Gasteiger partial charge in [0.2, 0.25) is 5.78 Å². The second-order valence-electron chi connectivity index (χ2n) is 1.19. The summed E-state index contributed by atoms with van der Waals surface area (Å²) in [6.45, 7) is 0. The van der Waals surface area contributed by atoms with Crippen molar-refractivity contribution in [2.45, 2.75) is 0 Å². The third-order valence-electron chi connectivity index (χ3n) is 0.629. The van der Waals surface area contributed by atoms with Crippen LogP contribution >= 0.6 is 0 Å². The van der Waals surface area contributed by atoms with Gasteiger partial charge in [0.05, 0.1) is 0 Å². The minimum atomic E-state index is 0.211. The normalized spacial score (nSPS) is 15.7. The van der Waals surface area contributed by atoms with E-state index in [1.165, 1.54) is 12.2 Å². The SMILES string of the molecule is [OH+]=C1C=C=C[C-]=C1. The molecule has 1 aliphatic rings. The molecule has 0 atom stereocenters. The fourth-order valence-corrected chi connectivity index (χ4v) is 0.344. The van der Waals surface area contributed by atoms with Crippen LogP contribution in [0.5, 0.6) is 0 Å². The third kappa shape index (κ3) is 0.881. The molecule has 0 spiro atoms. The first-order valence-electron chi connectivity index (χ1n) is 1.96. The van der Waals surface area contributed by atoms with Crippen LogP contribution < -0.4 is 0 Å². The largest absolute Gasteiger partial charge is 0.332 e. The second kappa shape index (κ2) is 1.59. The highest BCUT2D eigenvalue weighted by Crippen LogP contribution is 1.83. The Morgan fingerprint density at radius 2 is 2.57 bits per heavy atom. The molecule has 0 saturated carbocycles. The quantitative estimate of drug-likeness (QED) is 0.237. The van der Waals surface area contributed by atoms with Crippen molar-refractivity contribution in [2.75, 3.05) is 0 Å². The minimum absolute atomic E-state index is 0.211. The molecule has 1 nitrogen and oxygen atoms in total. The van der Waals surface area contributed by atoms with E-state index in [0.29, 0.717) is 0 Å². The number of hydrogen-bond acceptors (Lipinski definition) is 0. The van der Waals surface area contributed by atoms with Crippen molar-refractivity contribution in [1.82, 2.24) is 0 Å². The molecule has 1 rings (SSSR count).